The van der Waals surface area contributed by atoms with Crippen molar-refractivity contribution in [1.82, 2.24) is 29.7 Å². The van der Waals surface area contributed by atoms with Gasteiger partial charge in [0.1, 0.15) is 5.69 Å². The van der Waals surface area contributed by atoms with Gasteiger partial charge in [-0.3, -0.25) is 9.59 Å². The van der Waals surface area contributed by atoms with E-state index in [4.69, 9.17) is 16.1 Å². The first-order chi connectivity index (χ1) is 14.3. The molecule has 156 valence electrons. The van der Waals surface area contributed by atoms with Crippen LogP contribution in [0.4, 0.5) is 0 Å². The quantitative estimate of drug-likeness (QED) is 0.635. The van der Waals surface area contributed by atoms with Gasteiger partial charge >= 0.3 is 0 Å². The van der Waals surface area contributed by atoms with Gasteiger partial charge in [-0.15, -0.1) is 0 Å². The Labute approximate surface area is 178 Å². The van der Waals surface area contributed by atoms with Crippen molar-refractivity contribution in [1.29, 1.82) is 0 Å². The van der Waals surface area contributed by atoms with Crippen LogP contribution in [0.25, 0.3) is 5.82 Å². The molecule has 0 atom stereocenters. The number of piperazine rings is 1. The molecule has 4 heterocycles. The van der Waals surface area contributed by atoms with E-state index >= 15 is 0 Å². The summed E-state index contributed by atoms with van der Waals surface area (Å²) in [6, 6.07) is 6.92. The lowest BCUT2D eigenvalue weighted by atomic mass is 10.2. The van der Waals surface area contributed by atoms with Crippen LogP contribution >= 0.6 is 11.6 Å². The van der Waals surface area contributed by atoms with Gasteiger partial charge in [0.05, 0.1) is 16.4 Å². The molecule has 0 N–H and O–H groups in total. The summed E-state index contributed by atoms with van der Waals surface area (Å²) < 4.78 is 6.73. The van der Waals surface area contributed by atoms with Crippen molar-refractivity contribution in [2.45, 2.75) is 20.8 Å². The molecule has 1 saturated heterocycles. The fourth-order valence-electron chi connectivity index (χ4n) is 3.44. The van der Waals surface area contributed by atoms with Crippen molar-refractivity contribution in [3.63, 3.8) is 0 Å². The summed E-state index contributed by atoms with van der Waals surface area (Å²) >= 11 is 6.28. The van der Waals surface area contributed by atoms with Gasteiger partial charge in [-0.05, 0) is 39.0 Å². The van der Waals surface area contributed by atoms with Crippen molar-refractivity contribution < 1.29 is 14.1 Å². The summed E-state index contributed by atoms with van der Waals surface area (Å²) in [5.74, 6) is 0.230. The van der Waals surface area contributed by atoms with E-state index in [1.54, 1.807) is 39.6 Å². The second kappa shape index (κ2) is 7.91. The Morgan fingerprint density at radius 1 is 0.967 bits per heavy atom. The zero-order valence-corrected chi connectivity index (χ0v) is 17.7. The van der Waals surface area contributed by atoms with Crippen LogP contribution in [0.2, 0.25) is 5.02 Å². The highest BCUT2D eigenvalue weighted by Gasteiger charge is 2.29. The average molecular weight is 429 g/mol. The molecule has 1 aliphatic heterocycles. The van der Waals surface area contributed by atoms with Gasteiger partial charge in [0.25, 0.3) is 11.8 Å². The second-order valence-corrected chi connectivity index (χ2v) is 7.66. The van der Waals surface area contributed by atoms with E-state index in [1.165, 1.54) is 0 Å². The molecule has 0 aromatic carbocycles. The van der Waals surface area contributed by atoms with Crippen molar-refractivity contribution >= 4 is 23.4 Å². The molecule has 3 aromatic heterocycles. The zero-order chi connectivity index (χ0) is 21.4. The Morgan fingerprint density at radius 3 is 2.20 bits per heavy atom. The summed E-state index contributed by atoms with van der Waals surface area (Å²) in [5, 5.41) is 8.44. The molecular weight excluding hydrogens is 408 g/mol. The van der Waals surface area contributed by atoms with Gasteiger partial charge in [0.2, 0.25) is 5.76 Å². The van der Waals surface area contributed by atoms with Crippen LogP contribution in [0.15, 0.2) is 28.8 Å². The first-order valence-electron chi connectivity index (χ1n) is 9.55. The van der Waals surface area contributed by atoms with Crippen LogP contribution in [0.1, 0.15) is 38.1 Å². The van der Waals surface area contributed by atoms with Crippen LogP contribution in [0, 0.1) is 20.8 Å². The highest BCUT2D eigenvalue weighted by molar-refractivity contribution is 6.33. The Kier molecular flexibility index (Phi) is 5.29. The fraction of sp³-hybridized carbons (Fsp3) is 0.350. The number of aryl methyl sites for hydroxylation is 3. The number of pyridine rings is 1. The van der Waals surface area contributed by atoms with Gasteiger partial charge in [0, 0.05) is 37.9 Å². The Balaban J connectivity index is 1.48. The minimum absolute atomic E-state index is 0.173. The standard InChI is InChI=1S/C20H21ClN6O3/c1-12-10-14(3)27(23-12)17-5-4-15(21)18(22-17)20(29)26-8-6-25(7-9-26)19(28)16-11-13(2)24-30-16/h4-5,10-11H,6-9H2,1-3H3. The van der Waals surface area contributed by atoms with E-state index < -0.39 is 0 Å². The highest BCUT2D eigenvalue weighted by atomic mass is 35.5. The smallest absolute Gasteiger partial charge is 0.292 e. The van der Waals surface area contributed by atoms with E-state index in [0.29, 0.717) is 37.7 Å². The van der Waals surface area contributed by atoms with Gasteiger partial charge in [-0.2, -0.15) is 5.10 Å². The molecule has 0 saturated carbocycles. The number of nitrogens with zero attached hydrogens (tertiary/aromatic N) is 6. The number of hydrogen-bond donors (Lipinski definition) is 0. The van der Waals surface area contributed by atoms with Crippen molar-refractivity contribution in [2.75, 3.05) is 26.2 Å². The van der Waals surface area contributed by atoms with Crippen LogP contribution in [0.3, 0.4) is 0 Å². The Bertz CT molecular complexity index is 1110. The third-order valence-electron chi connectivity index (χ3n) is 4.95. The maximum Gasteiger partial charge on any atom is 0.292 e. The van der Waals surface area contributed by atoms with Gasteiger partial charge in [-0.1, -0.05) is 16.8 Å². The minimum atomic E-state index is -0.272. The molecule has 10 heteroatoms. The molecule has 2 amide bonds. The summed E-state index contributed by atoms with van der Waals surface area (Å²) in [6.07, 6.45) is 0. The van der Waals surface area contributed by atoms with Crippen LogP contribution in [-0.4, -0.2) is 67.7 Å². The van der Waals surface area contributed by atoms with E-state index in [2.05, 4.69) is 15.2 Å². The molecule has 0 aliphatic carbocycles. The molecule has 3 aromatic rings. The topological polar surface area (TPSA) is 97.4 Å². The normalized spacial score (nSPS) is 14.3. The lowest BCUT2D eigenvalue weighted by Gasteiger charge is -2.34. The Hall–Kier alpha value is -3.20. The van der Waals surface area contributed by atoms with Crippen molar-refractivity contribution in [2.24, 2.45) is 0 Å². The lowest BCUT2D eigenvalue weighted by Crippen LogP contribution is -2.50. The summed E-state index contributed by atoms with van der Waals surface area (Å²) in [6.45, 7) is 7.10. The summed E-state index contributed by atoms with van der Waals surface area (Å²) in [5.41, 5.74) is 2.60. The molecular formula is C20H21ClN6O3. The molecule has 30 heavy (non-hydrogen) atoms. The van der Waals surface area contributed by atoms with Crippen LogP contribution in [-0.2, 0) is 0 Å². The molecule has 1 fully saturated rings. The number of aromatic nitrogens is 4. The number of carbonyl (C=O) groups excluding carboxylic acids is 2. The summed E-state index contributed by atoms with van der Waals surface area (Å²) in [4.78, 5) is 33.3. The third kappa shape index (κ3) is 3.80. The fourth-order valence-corrected chi connectivity index (χ4v) is 3.63. The molecule has 1 aliphatic rings. The second-order valence-electron chi connectivity index (χ2n) is 7.26. The van der Waals surface area contributed by atoms with Gasteiger partial charge in [0.15, 0.2) is 5.82 Å². The maximum atomic E-state index is 13.1. The Morgan fingerprint density at radius 2 is 1.63 bits per heavy atom. The molecule has 9 nitrogen and oxygen atoms in total. The maximum absolute atomic E-state index is 13.1. The monoisotopic (exact) mass is 428 g/mol. The first kappa shape index (κ1) is 20.1. The third-order valence-corrected chi connectivity index (χ3v) is 5.26. The average Bonchev–Trinajstić information content (AvgIpc) is 3.32. The SMILES string of the molecule is Cc1cc(C(=O)N2CCN(C(=O)c3nc(-n4nc(C)cc4C)ccc3Cl)CC2)on1. The number of halogens is 1. The molecule has 0 spiro atoms. The van der Waals surface area contributed by atoms with E-state index in [0.717, 1.165) is 11.4 Å². The first-order valence-corrected chi connectivity index (χ1v) is 9.93. The minimum Gasteiger partial charge on any atom is -0.351 e. The van der Waals surface area contributed by atoms with E-state index in [9.17, 15) is 9.59 Å². The number of rotatable bonds is 3. The van der Waals surface area contributed by atoms with E-state index in [-0.39, 0.29) is 28.3 Å². The van der Waals surface area contributed by atoms with Crippen LogP contribution in [0.5, 0.6) is 0 Å². The predicted molar refractivity (Wildman–Crippen MR) is 109 cm³/mol. The number of amides is 2. The van der Waals surface area contributed by atoms with E-state index in [1.807, 2.05) is 19.9 Å². The van der Waals surface area contributed by atoms with Gasteiger partial charge < -0.3 is 14.3 Å². The van der Waals surface area contributed by atoms with Crippen LogP contribution < -0.4 is 0 Å². The predicted octanol–water partition coefficient (Wildman–Crippen LogP) is 2.43. The zero-order valence-electron chi connectivity index (χ0n) is 16.9. The molecule has 0 radical (unpaired) electrons. The highest BCUT2D eigenvalue weighted by Crippen LogP contribution is 2.20. The molecule has 4 rings (SSSR count). The molecule has 0 bridgehead atoms. The number of hydrogen-bond acceptors (Lipinski definition) is 6. The lowest BCUT2D eigenvalue weighted by molar-refractivity contribution is 0.0510. The van der Waals surface area contributed by atoms with Crippen molar-refractivity contribution in [3.8, 4) is 5.82 Å². The van der Waals surface area contributed by atoms with Crippen molar-refractivity contribution in [3.05, 3.63) is 57.8 Å². The largest absolute Gasteiger partial charge is 0.351 e. The van der Waals surface area contributed by atoms with Gasteiger partial charge in [-0.25, -0.2) is 9.67 Å². The number of carbonyl (C=O) groups is 2. The molecule has 0 unspecified atom stereocenters. The summed E-state index contributed by atoms with van der Waals surface area (Å²) in [7, 11) is 0.